The number of nitrogen functional groups attached to an aromatic ring is 1. The van der Waals surface area contributed by atoms with Crippen LogP contribution >= 0.6 is 0 Å². The number of unbranched alkanes of at least 4 members (excludes halogenated alkanes) is 1. The van der Waals surface area contributed by atoms with Gasteiger partial charge in [0.05, 0.1) is 18.5 Å². The Bertz CT molecular complexity index is 979. The number of hydrogen-bond donors (Lipinski definition) is 2. The van der Waals surface area contributed by atoms with Crippen LogP contribution in [0.2, 0.25) is 0 Å². The number of fused-ring (bicyclic) bond motifs is 1. The minimum absolute atomic E-state index is 0.299. The van der Waals surface area contributed by atoms with Gasteiger partial charge in [0, 0.05) is 38.3 Å². The zero-order valence-electron chi connectivity index (χ0n) is 17.2. The van der Waals surface area contributed by atoms with Crippen molar-refractivity contribution in [2.75, 3.05) is 43.4 Å². The zero-order valence-corrected chi connectivity index (χ0v) is 17.2. The van der Waals surface area contributed by atoms with Crippen molar-refractivity contribution in [2.45, 2.75) is 33.1 Å². The van der Waals surface area contributed by atoms with E-state index in [9.17, 15) is 0 Å². The summed E-state index contributed by atoms with van der Waals surface area (Å²) < 4.78 is 7.40. The molecular formula is C21H29N7O. The van der Waals surface area contributed by atoms with Gasteiger partial charge in [0.25, 0.3) is 0 Å². The quantitative estimate of drug-likeness (QED) is 0.592. The maximum absolute atomic E-state index is 6.07. The van der Waals surface area contributed by atoms with E-state index in [1.54, 1.807) is 4.52 Å². The Morgan fingerprint density at radius 3 is 2.83 bits per heavy atom. The number of imidazole rings is 1. The van der Waals surface area contributed by atoms with Crippen LogP contribution in [0.3, 0.4) is 0 Å². The normalized spacial score (nSPS) is 14.5. The van der Waals surface area contributed by atoms with Gasteiger partial charge in [0.1, 0.15) is 0 Å². The Balaban J connectivity index is 1.56. The van der Waals surface area contributed by atoms with E-state index in [1.165, 1.54) is 16.8 Å². The van der Waals surface area contributed by atoms with Crippen LogP contribution in [0, 0.1) is 6.92 Å². The summed E-state index contributed by atoms with van der Waals surface area (Å²) in [4.78, 5) is 11.1. The summed E-state index contributed by atoms with van der Waals surface area (Å²) >= 11 is 0. The molecule has 1 fully saturated rings. The smallest absolute Gasteiger partial charge is 0.336 e. The summed E-state index contributed by atoms with van der Waals surface area (Å²) in [5.41, 5.74) is 11.4. The average Bonchev–Trinajstić information content (AvgIpc) is 3.12. The van der Waals surface area contributed by atoms with Crippen LogP contribution in [0.25, 0.3) is 5.65 Å². The molecule has 8 nitrogen and oxygen atoms in total. The van der Waals surface area contributed by atoms with E-state index in [0.29, 0.717) is 30.5 Å². The second kappa shape index (κ2) is 8.65. The fourth-order valence-corrected chi connectivity index (χ4v) is 3.71. The third-order valence-electron chi connectivity index (χ3n) is 5.27. The Hall–Kier alpha value is -2.87. The predicted molar refractivity (Wildman–Crippen MR) is 115 cm³/mol. The van der Waals surface area contributed by atoms with Crippen LogP contribution in [0.1, 0.15) is 36.6 Å². The molecule has 0 spiro atoms. The SMILES string of the molecule is CCCCOc1nc(N)c2ncc(Cc3ccc(N4CCNCC4)c(C)c3)n2n1. The van der Waals surface area contributed by atoms with Gasteiger partial charge in [-0.25, -0.2) is 9.50 Å². The summed E-state index contributed by atoms with van der Waals surface area (Å²) in [6, 6.07) is 6.96. The van der Waals surface area contributed by atoms with Crippen molar-refractivity contribution in [1.29, 1.82) is 0 Å². The summed E-state index contributed by atoms with van der Waals surface area (Å²) in [5, 5.41) is 7.91. The molecule has 3 N–H and O–H groups in total. The van der Waals surface area contributed by atoms with Gasteiger partial charge in [-0.1, -0.05) is 25.5 Å². The molecule has 4 rings (SSSR count). The fraction of sp³-hybridized carbons (Fsp3) is 0.476. The first-order valence-electron chi connectivity index (χ1n) is 10.3. The van der Waals surface area contributed by atoms with E-state index in [1.807, 2.05) is 6.20 Å². The number of hydrogen-bond acceptors (Lipinski definition) is 7. The first-order chi connectivity index (χ1) is 14.2. The van der Waals surface area contributed by atoms with E-state index in [0.717, 1.165) is 44.7 Å². The highest BCUT2D eigenvalue weighted by molar-refractivity contribution is 5.60. The van der Waals surface area contributed by atoms with Crippen LogP contribution in [-0.4, -0.2) is 52.4 Å². The summed E-state index contributed by atoms with van der Waals surface area (Å²) in [7, 11) is 0. The topological polar surface area (TPSA) is 93.6 Å². The molecule has 0 atom stereocenters. The van der Waals surface area contributed by atoms with Gasteiger partial charge in [0.15, 0.2) is 11.5 Å². The van der Waals surface area contributed by atoms with Gasteiger partial charge in [-0.2, -0.15) is 4.98 Å². The largest absolute Gasteiger partial charge is 0.462 e. The molecule has 1 saturated heterocycles. The number of rotatable bonds is 7. The van der Waals surface area contributed by atoms with Gasteiger partial charge in [0.2, 0.25) is 0 Å². The van der Waals surface area contributed by atoms with Gasteiger partial charge < -0.3 is 20.7 Å². The van der Waals surface area contributed by atoms with Gasteiger partial charge >= 0.3 is 6.01 Å². The van der Waals surface area contributed by atoms with Crippen molar-refractivity contribution < 1.29 is 4.74 Å². The lowest BCUT2D eigenvalue weighted by atomic mass is 10.0. The molecule has 1 aromatic carbocycles. The molecule has 0 aliphatic carbocycles. The molecule has 3 aromatic rings. The zero-order chi connectivity index (χ0) is 20.2. The van der Waals surface area contributed by atoms with Crippen LogP contribution in [0.15, 0.2) is 24.4 Å². The Morgan fingerprint density at radius 2 is 2.07 bits per heavy atom. The van der Waals surface area contributed by atoms with Gasteiger partial charge in [-0.05, 0) is 30.5 Å². The number of nitrogens with two attached hydrogens (primary N) is 1. The highest BCUT2D eigenvalue weighted by Gasteiger charge is 2.15. The van der Waals surface area contributed by atoms with E-state index >= 15 is 0 Å². The molecular weight excluding hydrogens is 366 g/mol. The number of nitrogens with zero attached hydrogens (tertiary/aromatic N) is 5. The maximum atomic E-state index is 6.07. The first kappa shape index (κ1) is 19.4. The molecule has 0 saturated carbocycles. The highest BCUT2D eigenvalue weighted by atomic mass is 16.5. The molecule has 1 aliphatic heterocycles. The Kier molecular flexibility index (Phi) is 5.80. The second-order valence-corrected chi connectivity index (χ2v) is 7.50. The lowest BCUT2D eigenvalue weighted by molar-refractivity contribution is 0.280. The number of benzene rings is 1. The van der Waals surface area contributed by atoms with Crippen molar-refractivity contribution in [3.63, 3.8) is 0 Å². The van der Waals surface area contributed by atoms with Crippen molar-refractivity contribution in [2.24, 2.45) is 0 Å². The van der Waals surface area contributed by atoms with Crippen molar-refractivity contribution in [3.05, 3.63) is 41.2 Å². The van der Waals surface area contributed by atoms with Crippen molar-refractivity contribution in [1.82, 2.24) is 24.9 Å². The monoisotopic (exact) mass is 395 g/mol. The maximum Gasteiger partial charge on any atom is 0.336 e. The lowest BCUT2D eigenvalue weighted by Crippen LogP contribution is -2.43. The average molecular weight is 396 g/mol. The molecule has 2 aromatic heterocycles. The molecule has 154 valence electrons. The molecule has 0 amide bonds. The van der Waals surface area contributed by atoms with E-state index in [4.69, 9.17) is 10.5 Å². The Morgan fingerprint density at radius 1 is 1.24 bits per heavy atom. The van der Waals surface area contributed by atoms with Crippen molar-refractivity contribution >= 4 is 17.2 Å². The number of aromatic nitrogens is 4. The van der Waals surface area contributed by atoms with Crippen molar-refractivity contribution in [3.8, 4) is 6.01 Å². The summed E-state index contributed by atoms with van der Waals surface area (Å²) in [6.07, 6.45) is 4.54. The standard InChI is InChI=1S/C21H29N7O/c1-3-4-11-29-21-25-19(22)20-24-14-17(28(20)26-21)13-16-5-6-18(15(2)12-16)27-9-7-23-8-10-27/h5-6,12,14,23H,3-4,7-11,13H2,1-2H3,(H2,22,25,26). The molecule has 0 radical (unpaired) electrons. The molecule has 3 heterocycles. The molecule has 29 heavy (non-hydrogen) atoms. The highest BCUT2D eigenvalue weighted by Crippen LogP contribution is 2.24. The third kappa shape index (κ3) is 4.27. The molecule has 1 aliphatic rings. The van der Waals surface area contributed by atoms with Crippen LogP contribution in [-0.2, 0) is 6.42 Å². The molecule has 0 bridgehead atoms. The number of nitrogens with one attached hydrogen (secondary N) is 1. The summed E-state index contributed by atoms with van der Waals surface area (Å²) in [6.45, 7) is 9.03. The molecule has 8 heteroatoms. The van der Waals surface area contributed by atoms with Gasteiger partial charge in [-0.15, -0.1) is 5.10 Å². The van der Waals surface area contributed by atoms with Gasteiger partial charge in [-0.3, -0.25) is 0 Å². The fourth-order valence-electron chi connectivity index (χ4n) is 3.71. The lowest BCUT2D eigenvalue weighted by Gasteiger charge is -2.30. The number of aryl methyl sites for hydroxylation is 1. The van der Waals surface area contributed by atoms with E-state index < -0.39 is 0 Å². The second-order valence-electron chi connectivity index (χ2n) is 7.50. The minimum atomic E-state index is 0.299. The van der Waals surface area contributed by atoms with Crippen LogP contribution in [0.4, 0.5) is 11.5 Å². The first-order valence-corrected chi connectivity index (χ1v) is 10.3. The minimum Gasteiger partial charge on any atom is -0.462 e. The summed E-state index contributed by atoms with van der Waals surface area (Å²) in [5.74, 6) is 0.336. The predicted octanol–water partition coefficient (Wildman–Crippen LogP) is 2.19. The van der Waals surface area contributed by atoms with Crippen LogP contribution < -0.4 is 20.7 Å². The number of piperazine rings is 1. The molecule has 0 unspecified atom stereocenters. The van der Waals surface area contributed by atoms with Crippen LogP contribution in [0.5, 0.6) is 6.01 Å². The Labute approximate surface area is 171 Å². The van der Waals surface area contributed by atoms with E-state index in [-0.39, 0.29) is 0 Å². The number of ether oxygens (including phenoxy) is 1. The van der Waals surface area contributed by atoms with E-state index in [2.05, 4.69) is 57.3 Å². The third-order valence-corrected chi connectivity index (χ3v) is 5.27. The number of anilines is 2.